The number of ether oxygens (including phenoxy) is 2. The summed E-state index contributed by atoms with van der Waals surface area (Å²) in [5.74, 6) is -0.302. The van der Waals surface area contributed by atoms with E-state index in [1.54, 1.807) is 18.6 Å². The Hall–Kier alpha value is -1.17. The van der Waals surface area contributed by atoms with Crippen LogP contribution in [0.3, 0.4) is 0 Å². The average Bonchev–Trinajstić information content (AvgIpc) is 3.52. The average molecular weight is 609 g/mol. The second kappa shape index (κ2) is 11.7. The van der Waals surface area contributed by atoms with Gasteiger partial charge in [-0.3, -0.25) is 4.79 Å². The zero-order valence-corrected chi connectivity index (χ0v) is 23.0. The van der Waals surface area contributed by atoms with Gasteiger partial charge in [0.25, 0.3) is 0 Å². The molecule has 0 aromatic carbocycles. The molecule has 2 saturated heterocycles. The van der Waals surface area contributed by atoms with Crippen molar-refractivity contribution in [3.05, 3.63) is 16.2 Å². The molecule has 12 nitrogen and oxygen atoms in total. The fourth-order valence-electron chi connectivity index (χ4n) is 4.28. The Labute approximate surface area is 224 Å². The molecule has 6 atom stereocenters. The molecule has 2 aliphatic heterocycles. The molecule has 15 heteroatoms. The number of halogens is 1. The van der Waals surface area contributed by atoms with Crippen molar-refractivity contribution in [1.29, 1.82) is 0 Å². The lowest BCUT2D eigenvalue weighted by molar-refractivity contribution is -0.179. The van der Waals surface area contributed by atoms with E-state index in [2.05, 4.69) is 31.2 Å². The maximum atomic E-state index is 13.3. The van der Waals surface area contributed by atoms with E-state index in [0.29, 0.717) is 35.1 Å². The third-order valence-electron chi connectivity index (χ3n) is 6.55. The summed E-state index contributed by atoms with van der Waals surface area (Å²) in [6, 6.07) is -1.03. The summed E-state index contributed by atoms with van der Waals surface area (Å²) < 4.78 is 13.2. The fraction of sp³-hybridized carbons (Fsp3) is 0.714. The second-order valence-corrected chi connectivity index (χ2v) is 11.7. The first kappa shape index (κ1) is 27.9. The number of rotatable bonds is 8. The molecule has 1 unspecified atom stereocenters. The van der Waals surface area contributed by atoms with Gasteiger partial charge in [0, 0.05) is 45.0 Å². The fourth-order valence-corrected chi connectivity index (χ4v) is 7.06. The summed E-state index contributed by atoms with van der Waals surface area (Å²) in [7, 11) is 1.65. The summed E-state index contributed by atoms with van der Waals surface area (Å²) in [5, 5.41) is 53.3. The molecule has 4 heterocycles. The maximum absolute atomic E-state index is 13.3. The molecular weight excluding hydrogens is 578 g/mol. The lowest BCUT2D eigenvalue weighted by Gasteiger charge is -2.45. The van der Waals surface area contributed by atoms with Crippen molar-refractivity contribution in [2.24, 2.45) is 0 Å². The number of nitrogens with zero attached hydrogens (tertiary/aromatic N) is 5. The standard InChI is InChI=1S/C21H30BrN5O7S2/c1-3-26(2)19(31)17(21(32)4-6-33-7-5-21)36-20-16(30)14(15(29)12(9-28)34-20)27-8-11(24-25-27)18-23-13(22)10-35-18/h8,10,12,14-17,20,28-30,32H,3-7,9H2,1-2H3/t12-,14+,15+,16-,17?,20+/m1/s1. The molecule has 2 fully saturated rings. The van der Waals surface area contributed by atoms with E-state index in [1.807, 2.05) is 6.92 Å². The number of hydrogen-bond acceptors (Lipinski definition) is 12. The van der Waals surface area contributed by atoms with E-state index >= 15 is 0 Å². The Morgan fingerprint density at radius 3 is 2.72 bits per heavy atom. The Morgan fingerprint density at radius 1 is 1.39 bits per heavy atom. The zero-order chi connectivity index (χ0) is 26.0. The van der Waals surface area contributed by atoms with Crippen LogP contribution in [0.4, 0.5) is 0 Å². The third kappa shape index (κ3) is 5.63. The molecule has 0 aliphatic carbocycles. The number of amides is 1. The molecule has 0 radical (unpaired) electrons. The van der Waals surface area contributed by atoms with E-state index in [9.17, 15) is 25.2 Å². The SMILES string of the molecule is CCN(C)C(=O)C(S[C@@H]1O[C@H](CO)[C@H](O)[C@H](n2cc(-c3nc(Br)cs3)nn2)[C@H]1O)C1(O)CCOCC1. The highest BCUT2D eigenvalue weighted by Gasteiger charge is 2.51. The first-order valence-electron chi connectivity index (χ1n) is 11.5. The van der Waals surface area contributed by atoms with Gasteiger partial charge in [-0.05, 0) is 22.9 Å². The number of carbonyl (C=O) groups is 1. The van der Waals surface area contributed by atoms with Gasteiger partial charge in [-0.15, -0.1) is 28.2 Å². The van der Waals surface area contributed by atoms with Crippen LogP contribution in [0.5, 0.6) is 0 Å². The summed E-state index contributed by atoms with van der Waals surface area (Å²) in [6.07, 6.45) is -1.64. The molecule has 4 N–H and O–H groups in total. The summed E-state index contributed by atoms with van der Waals surface area (Å²) in [4.78, 5) is 19.1. The quantitative estimate of drug-likeness (QED) is 0.325. The highest BCUT2D eigenvalue weighted by atomic mass is 79.9. The minimum Gasteiger partial charge on any atom is -0.394 e. The van der Waals surface area contributed by atoms with Crippen LogP contribution in [0.2, 0.25) is 0 Å². The van der Waals surface area contributed by atoms with Gasteiger partial charge < -0.3 is 34.8 Å². The van der Waals surface area contributed by atoms with Gasteiger partial charge >= 0.3 is 0 Å². The van der Waals surface area contributed by atoms with Crippen LogP contribution in [0.25, 0.3) is 10.7 Å². The van der Waals surface area contributed by atoms with E-state index in [-0.39, 0.29) is 18.7 Å². The first-order chi connectivity index (χ1) is 17.2. The Balaban J connectivity index is 1.62. The number of aliphatic hydroxyl groups is 4. The Bertz CT molecular complexity index is 1040. The minimum absolute atomic E-state index is 0.252. The van der Waals surface area contributed by atoms with Gasteiger partial charge in [0.15, 0.2) is 0 Å². The van der Waals surface area contributed by atoms with Crippen LogP contribution in [-0.2, 0) is 14.3 Å². The number of hydrogen-bond donors (Lipinski definition) is 4. The van der Waals surface area contributed by atoms with Crippen molar-refractivity contribution in [3.63, 3.8) is 0 Å². The van der Waals surface area contributed by atoms with E-state index in [1.165, 1.54) is 20.9 Å². The molecule has 2 aliphatic rings. The Morgan fingerprint density at radius 2 is 2.11 bits per heavy atom. The van der Waals surface area contributed by atoms with E-state index in [0.717, 1.165) is 11.8 Å². The second-order valence-electron chi connectivity index (χ2n) is 8.84. The lowest BCUT2D eigenvalue weighted by Crippen LogP contribution is -2.58. The summed E-state index contributed by atoms with van der Waals surface area (Å²) >= 11 is 5.64. The normalized spacial score (nSPS) is 29.1. The number of aromatic nitrogens is 4. The molecule has 0 bridgehead atoms. The molecule has 2 aromatic heterocycles. The molecule has 4 rings (SSSR count). The van der Waals surface area contributed by atoms with Crippen LogP contribution >= 0.6 is 39.0 Å². The highest BCUT2D eigenvalue weighted by molar-refractivity contribution is 9.10. The predicted octanol–water partition coefficient (Wildman–Crippen LogP) is 0.266. The monoisotopic (exact) mass is 607 g/mol. The van der Waals surface area contributed by atoms with Crippen molar-refractivity contribution in [2.45, 2.75) is 60.4 Å². The van der Waals surface area contributed by atoms with Crippen LogP contribution in [0.15, 0.2) is 16.2 Å². The first-order valence-corrected chi connectivity index (χ1v) is 14.2. The minimum atomic E-state index is -1.37. The smallest absolute Gasteiger partial charge is 0.238 e. The van der Waals surface area contributed by atoms with Crippen molar-refractivity contribution in [3.8, 4) is 10.7 Å². The third-order valence-corrected chi connectivity index (χ3v) is 9.70. The molecule has 0 saturated carbocycles. The molecule has 200 valence electrons. The highest BCUT2D eigenvalue weighted by Crippen LogP contribution is 2.42. The molecule has 0 spiro atoms. The van der Waals surface area contributed by atoms with Crippen molar-refractivity contribution >= 4 is 44.9 Å². The summed E-state index contributed by atoms with van der Waals surface area (Å²) in [6.45, 7) is 2.36. The van der Waals surface area contributed by atoms with Crippen molar-refractivity contribution in [2.75, 3.05) is 33.4 Å². The summed E-state index contributed by atoms with van der Waals surface area (Å²) in [5.41, 5.74) is -1.97. The van der Waals surface area contributed by atoms with Gasteiger partial charge in [0.2, 0.25) is 5.91 Å². The topological polar surface area (TPSA) is 163 Å². The van der Waals surface area contributed by atoms with Crippen molar-refractivity contribution < 1.29 is 34.7 Å². The van der Waals surface area contributed by atoms with E-state index in [4.69, 9.17) is 9.47 Å². The van der Waals surface area contributed by atoms with Gasteiger partial charge in [-0.1, -0.05) is 5.21 Å². The molecule has 2 aromatic rings. The molecule has 36 heavy (non-hydrogen) atoms. The maximum Gasteiger partial charge on any atom is 0.238 e. The van der Waals surface area contributed by atoms with Gasteiger partial charge in [0.05, 0.1) is 18.4 Å². The van der Waals surface area contributed by atoms with E-state index < -0.39 is 47.2 Å². The Kier molecular flexibility index (Phi) is 9.05. The van der Waals surface area contributed by atoms with Crippen LogP contribution in [0.1, 0.15) is 25.8 Å². The van der Waals surface area contributed by atoms with Gasteiger partial charge in [-0.2, -0.15) is 0 Å². The van der Waals surface area contributed by atoms with Crippen molar-refractivity contribution in [1.82, 2.24) is 24.9 Å². The number of aliphatic hydroxyl groups excluding tert-OH is 3. The predicted molar refractivity (Wildman–Crippen MR) is 135 cm³/mol. The van der Waals surface area contributed by atoms with Crippen LogP contribution in [0, 0.1) is 0 Å². The van der Waals surface area contributed by atoms with Crippen LogP contribution < -0.4 is 0 Å². The largest absolute Gasteiger partial charge is 0.394 e. The van der Waals surface area contributed by atoms with Gasteiger partial charge in [-0.25, -0.2) is 9.67 Å². The number of thioether (sulfide) groups is 1. The lowest BCUT2D eigenvalue weighted by atomic mass is 9.89. The van der Waals surface area contributed by atoms with Gasteiger partial charge in [0.1, 0.15) is 50.3 Å². The number of thiazole rings is 1. The number of carbonyl (C=O) groups excluding carboxylic acids is 1. The zero-order valence-electron chi connectivity index (χ0n) is 19.8. The van der Waals surface area contributed by atoms with Crippen LogP contribution in [-0.4, -0.2) is 119 Å². The molecular formula is C21H30BrN5O7S2. The molecule has 1 amide bonds.